The minimum absolute atomic E-state index is 0.00920. The lowest BCUT2D eigenvalue weighted by molar-refractivity contribution is -0.145. The van der Waals surface area contributed by atoms with E-state index in [4.69, 9.17) is 14.2 Å². The fraction of sp³-hybridized carbons (Fsp3) is 0.333. The van der Waals surface area contributed by atoms with E-state index in [0.717, 1.165) is 0 Å². The summed E-state index contributed by atoms with van der Waals surface area (Å²) >= 11 is 0. The molecule has 11 heteroatoms. The first kappa shape index (κ1) is 21.9. The van der Waals surface area contributed by atoms with Crippen molar-refractivity contribution < 1.29 is 32.2 Å². The summed E-state index contributed by atoms with van der Waals surface area (Å²) < 4.78 is 44.7. The summed E-state index contributed by atoms with van der Waals surface area (Å²) in [6.45, 7) is 3.35. The van der Waals surface area contributed by atoms with Gasteiger partial charge in [0.2, 0.25) is 12.0 Å². The molecular formula is C21H23N3O7S. The lowest BCUT2D eigenvalue weighted by Crippen LogP contribution is -2.50. The number of benzene rings is 2. The van der Waals surface area contributed by atoms with Crippen molar-refractivity contribution in [3.05, 3.63) is 42.5 Å². The number of amides is 2. The minimum atomic E-state index is -3.89. The molecular weight excluding hydrogens is 438 g/mol. The third kappa shape index (κ3) is 4.94. The normalized spacial score (nSPS) is 18.0. The highest BCUT2D eigenvalue weighted by Crippen LogP contribution is 2.34. The molecule has 0 radical (unpaired) electrons. The Balaban J connectivity index is 1.44. The first-order chi connectivity index (χ1) is 15.3. The maximum Gasteiger partial charge on any atom is 0.267 e. The van der Waals surface area contributed by atoms with Crippen molar-refractivity contribution in [2.75, 3.05) is 42.9 Å². The third-order valence-corrected chi connectivity index (χ3v) is 6.32. The van der Waals surface area contributed by atoms with Crippen LogP contribution in [0.4, 0.5) is 11.4 Å². The van der Waals surface area contributed by atoms with Crippen LogP contribution < -0.4 is 19.5 Å². The van der Waals surface area contributed by atoms with Gasteiger partial charge in [0.05, 0.1) is 18.1 Å². The van der Waals surface area contributed by atoms with E-state index in [0.29, 0.717) is 43.4 Å². The van der Waals surface area contributed by atoms with Crippen molar-refractivity contribution in [2.24, 2.45) is 0 Å². The van der Waals surface area contributed by atoms with E-state index in [2.05, 4.69) is 10.0 Å². The van der Waals surface area contributed by atoms with Gasteiger partial charge in [-0.05, 0) is 36.4 Å². The quantitative estimate of drug-likeness (QED) is 0.691. The zero-order valence-electron chi connectivity index (χ0n) is 17.4. The Bertz CT molecular complexity index is 1110. The van der Waals surface area contributed by atoms with Gasteiger partial charge in [-0.3, -0.25) is 14.3 Å². The van der Waals surface area contributed by atoms with E-state index in [-0.39, 0.29) is 29.1 Å². The summed E-state index contributed by atoms with van der Waals surface area (Å²) in [5.41, 5.74) is 0.895. The molecule has 0 spiro atoms. The molecule has 2 N–H and O–H groups in total. The molecule has 0 aromatic heterocycles. The Morgan fingerprint density at radius 2 is 1.69 bits per heavy atom. The molecule has 2 aliphatic heterocycles. The predicted molar refractivity (Wildman–Crippen MR) is 115 cm³/mol. The standard InChI is InChI=1S/C21H23N3O7S/c1-14(25)22-15-2-4-16(5-3-15)23-32(27,28)17-6-7-18-19(12-17)30-13-20(31-18)21(26)24-8-10-29-11-9-24/h2-7,12,20,23H,8-11,13H2,1H3,(H,22,25)/t20-/m0/s1. The largest absolute Gasteiger partial charge is 0.485 e. The van der Waals surface area contributed by atoms with Crippen molar-refractivity contribution in [1.82, 2.24) is 4.90 Å². The molecule has 32 heavy (non-hydrogen) atoms. The van der Waals surface area contributed by atoms with E-state index in [1.54, 1.807) is 29.2 Å². The molecule has 2 aromatic carbocycles. The molecule has 0 aliphatic carbocycles. The molecule has 1 fully saturated rings. The average molecular weight is 461 g/mol. The summed E-state index contributed by atoms with van der Waals surface area (Å²) in [7, 11) is -3.89. The number of carbonyl (C=O) groups is 2. The van der Waals surface area contributed by atoms with Gasteiger partial charge in [0, 0.05) is 37.5 Å². The second-order valence-corrected chi connectivity index (χ2v) is 9.01. The van der Waals surface area contributed by atoms with Crippen LogP contribution >= 0.6 is 0 Å². The molecule has 4 rings (SSSR count). The van der Waals surface area contributed by atoms with Crippen molar-refractivity contribution in [3.8, 4) is 11.5 Å². The Hall–Kier alpha value is -3.31. The number of nitrogens with one attached hydrogen (secondary N) is 2. The van der Waals surface area contributed by atoms with Crippen LogP contribution in [0.3, 0.4) is 0 Å². The number of rotatable bonds is 5. The summed E-state index contributed by atoms with van der Waals surface area (Å²) in [5.74, 6) is 0.157. The summed E-state index contributed by atoms with van der Waals surface area (Å²) in [4.78, 5) is 25.4. The smallest absolute Gasteiger partial charge is 0.267 e. The number of hydrogen-bond acceptors (Lipinski definition) is 7. The number of fused-ring (bicyclic) bond motifs is 1. The van der Waals surface area contributed by atoms with E-state index in [1.807, 2.05) is 0 Å². The number of carbonyl (C=O) groups excluding carboxylic acids is 2. The Kier molecular flexibility index (Phi) is 6.19. The second-order valence-electron chi connectivity index (χ2n) is 7.33. The Morgan fingerprint density at radius 3 is 2.38 bits per heavy atom. The summed E-state index contributed by atoms with van der Waals surface area (Å²) in [5, 5.41) is 2.61. The SMILES string of the molecule is CC(=O)Nc1ccc(NS(=O)(=O)c2ccc3c(c2)OC[C@@H](C(=O)N2CCOCC2)O3)cc1. The number of morpholine rings is 1. The molecule has 10 nitrogen and oxygen atoms in total. The zero-order chi connectivity index (χ0) is 22.7. The van der Waals surface area contributed by atoms with Crippen LogP contribution in [0, 0.1) is 0 Å². The summed E-state index contributed by atoms with van der Waals surface area (Å²) in [6.07, 6.45) is -0.789. The fourth-order valence-electron chi connectivity index (χ4n) is 3.37. The van der Waals surface area contributed by atoms with Gasteiger partial charge in [0.15, 0.2) is 11.5 Å². The van der Waals surface area contributed by atoms with Crippen molar-refractivity contribution >= 4 is 33.2 Å². The lowest BCUT2D eigenvalue weighted by atomic mass is 10.2. The van der Waals surface area contributed by atoms with Gasteiger partial charge in [0.25, 0.3) is 15.9 Å². The topological polar surface area (TPSA) is 123 Å². The second kappa shape index (κ2) is 9.05. The van der Waals surface area contributed by atoms with Crippen LogP contribution in [-0.4, -0.2) is 64.1 Å². The molecule has 0 saturated carbocycles. The average Bonchev–Trinajstić information content (AvgIpc) is 2.79. The molecule has 1 atom stereocenters. The molecule has 170 valence electrons. The molecule has 2 heterocycles. The van der Waals surface area contributed by atoms with Gasteiger partial charge in [0.1, 0.15) is 6.61 Å². The number of anilines is 2. The van der Waals surface area contributed by atoms with Crippen LogP contribution in [0.25, 0.3) is 0 Å². The van der Waals surface area contributed by atoms with Crippen LogP contribution in [0.5, 0.6) is 11.5 Å². The minimum Gasteiger partial charge on any atom is -0.485 e. The fourth-order valence-corrected chi connectivity index (χ4v) is 4.44. The van der Waals surface area contributed by atoms with Crippen LogP contribution in [0.1, 0.15) is 6.92 Å². The first-order valence-corrected chi connectivity index (χ1v) is 11.5. The Labute approximate surface area is 185 Å². The van der Waals surface area contributed by atoms with E-state index >= 15 is 0 Å². The van der Waals surface area contributed by atoms with Gasteiger partial charge < -0.3 is 24.4 Å². The van der Waals surface area contributed by atoms with Gasteiger partial charge in [-0.2, -0.15) is 0 Å². The Morgan fingerprint density at radius 1 is 1.00 bits per heavy atom. The van der Waals surface area contributed by atoms with Crippen molar-refractivity contribution in [2.45, 2.75) is 17.9 Å². The molecule has 1 saturated heterocycles. The maximum absolute atomic E-state index is 12.8. The number of hydrogen-bond donors (Lipinski definition) is 2. The number of nitrogens with zero attached hydrogens (tertiary/aromatic N) is 1. The van der Waals surface area contributed by atoms with E-state index < -0.39 is 16.1 Å². The van der Waals surface area contributed by atoms with Crippen LogP contribution in [-0.2, 0) is 24.3 Å². The van der Waals surface area contributed by atoms with E-state index in [1.165, 1.54) is 25.1 Å². The first-order valence-electron chi connectivity index (χ1n) is 10.0. The van der Waals surface area contributed by atoms with Crippen LogP contribution in [0.15, 0.2) is 47.4 Å². The molecule has 0 unspecified atom stereocenters. The highest BCUT2D eigenvalue weighted by atomic mass is 32.2. The number of ether oxygens (including phenoxy) is 3. The van der Waals surface area contributed by atoms with Crippen molar-refractivity contribution in [1.29, 1.82) is 0 Å². The highest BCUT2D eigenvalue weighted by molar-refractivity contribution is 7.92. The van der Waals surface area contributed by atoms with Crippen molar-refractivity contribution in [3.63, 3.8) is 0 Å². The monoisotopic (exact) mass is 461 g/mol. The predicted octanol–water partition coefficient (Wildman–Crippen LogP) is 1.44. The molecule has 2 amide bonds. The van der Waals surface area contributed by atoms with Crippen LogP contribution in [0.2, 0.25) is 0 Å². The molecule has 2 aromatic rings. The maximum atomic E-state index is 12.8. The van der Waals surface area contributed by atoms with Gasteiger partial charge in [-0.25, -0.2) is 8.42 Å². The highest BCUT2D eigenvalue weighted by Gasteiger charge is 2.32. The zero-order valence-corrected chi connectivity index (χ0v) is 18.2. The van der Waals surface area contributed by atoms with Gasteiger partial charge in [-0.1, -0.05) is 0 Å². The third-order valence-electron chi connectivity index (χ3n) is 4.94. The summed E-state index contributed by atoms with van der Waals surface area (Å²) in [6, 6.07) is 10.5. The molecule has 2 aliphatic rings. The molecule has 0 bridgehead atoms. The van der Waals surface area contributed by atoms with Gasteiger partial charge >= 0.3 is 0 Å². The van der Waals surface area contributed by atoms with Gasteiger partial charge in [-0.15, -0.1) is 0 Å². The number of sulfonamides is 1. The van der Waals surface area contributed by atoms with E-state index in [9.17, 15) is 18.0 Å². The lowest BCUT2D eigenvalue weighted by Gasteiger charge is -2.32.